The number of nitrogens with one attached hydrogen (secondary N) is 1. The number of sulfonamides is 1. The number of aliphatic hydroxyl groups is 1. The Kier molecular flexibility index (Phi) is 6.54. The van der Waals surface area contributed by atoms with Gasteiger partial charge in [0.2, 0.25) is 10.0 Å². The van der Waals surface area contributed by atoms with Crippen LogP contribution in [-0.4, -0.2) is 33.3 Å². The van der Waals surface area contributed by atoms with Crippen LogP contribution in [0.25, 0.3) is 0 Å². The van der Waals surface area contributed by atoms with Crippen LogP contribution in [0.1, 0.15) is 24.5 Å². The van der Waals surface area contributed by atoms with E-state index in [1.54, 1.807) is 0 Å². The molecule has 0 saturated heterocycles. The van der Waals surface area contributed by atoms with Gasteiger partial charge in [0, 0.05) is 25.3 Å². The summed E-state index contributed by atoms with van der Waals surface area (Å²) in [6.07, 6.45) is 0.556. The lowest BCUT2D eigenvalue weighted by molar-refractivity contribution is 0.146. The van der Waals surface area contributed by atoms with Crippen LogP contribution in [0, 0.1) is 12.7 Å². The molecule has 1 rings (SSSR count). The molecular weight excluding hydrogens is 285 g/mol. The van der Waals surface area contributed by atoms with Gasteiger partial charge in [-0.05, 0) is 38.0 Å². The molecule has 1 aromatic rings. The summed E-state index contributed by atoms with van der Waals surface area (Å²) in [4.78, 5) is -0.0446. The van der Waals surface area contributed by atoms with Gasteiger partial charge in [0.1, 0.15) is 5.82 Å². The van der Waals surface area contributed by atoms with Crippen LogP contribution in [-0.2, 0) is 21.4 Å². The average Bonchev–Trinajstić information content (AvgIpc) is 2.41. The minimum atomic E-state index is -3.70. The van der Waals surface area contributed by atoms with Crippen LogP contribution in [0.3, 0.4) is 0 Å². The Morgan fingerprint density at radius 1 is 1.40 bits per heavy atom. The van der Waals surface area contributed by atoms with E-state index in [0.29, 0.717) is 19.6 Å². The fourth-order valence-corrected chi connectivity index (χ4v) is 2.89. The third kappa shape index (κ3) is 4.52. The van der Waals surface area contributed by atoms with Crippen molar-refractivity contribution in [3.05, 3.63) is 29.1 Å². The van der Waals surface area contributed by atoms with Crippen LogP contribution >= 0.6 is 0 Å². The van der Waals surface area contributed by atoms with Crippen molar-refractivity contribution in [2.24, 2.45) is 0 Å². The smallest absolute Gasteiger partial charge is 0.240 e. The van der Waals surface area contributed by atoms with Crippen molar-refractivity contribution in [3.8, 4) is 0 Å². The Hall–Kier alpha value is -1.02. The molecule has 5 nitrogen and oxygen atoms in total. The summed E-state index contributed by atoms with van der Waals surface area (Å²) in [6.45, 7) is 4.09. The fourth-order valence-electron chi connectivity index (χ4n) is 1.69. The second-order valence-electron chi connectivity index (χ2n) is 4.32. The van der Waals surface area contributed by atoms with E-state index in [0.717, 1.165) is 6.07 Å². The highest BCUT2D eigenvalue weighted by molar-refractivity contribution is 7.89. The Bertz CT molecular complexity index is 546. The van der Waals surface area contributed by atoms with Gasteiger partial charge in [0.25, 0.3) is 0 Å². The van der Waals surface area contributed by atoms with E-state index in [1.165, 1.54) is 13.0 Å². The lowest BCUT2D eigenvalue weighted by atomic mass is 10.1. The van der Waals surface area contributed by atoms with Crippen molar-refractivity contribution >= 4 is 10.0 Å². The number of aryl methyl sites for hydroxylation is 1. The summed E-state index contributed by atoms with van der Waals surface area (Å²) in [7, 11) is -3.70. The molecule has 0 aliphatic heterocycles. The number of hydrogen-bond donors (Lipinski definition) is 2. The van der Waals surface area contributed by atoms with E-state index in [1.807, 2.05) is 6.92 Å². The largest absolute Gasteiger partial charge is 0.392 e. The van der Waals surface area contributed by atoms with E-state index in [9.17, 15) is 12.8 Å². The van der Waals surface area contributed by atoms with Crippen molar-refractivity contribution in [2.75, 3.05) is 19.8 Å². The summed E-state index contributed by atoms with van der Waals surface area (Å²) in [6, 6.07) is 2.40. The van der Waals surface area contributed by atoms with Gasteiger partial charge in [-0.2, -0.15) is 0 Å². The summed E-state index contributed by atoms with van der Waals surface area (Å²) in [5, 5.41) is 9.03. The van der Waals surface area contributed by atoms with Crippen LogP contribution < -0.4 is 4.72 Å². The molecule has 0 atom stereocenters. The SMILES string of the molecule is CCOCCCNS(=O)(=O)c1cc(C)c(F)c(CO)c1. The molecule has 0 bridgehead atoms. The zero-order valence-corrected chi connectivity index (χ0v) is 12.5. The lowest BCUT2D eigenvalue weighted by Crippen LogP contribution is -2.26. The highest BCUT2D eigenvalue weighted by Crippen LogP contribution is 2.19. The molecular formula is C13H20FNO4S. The zero-order chi connectivity index (χ0) is 15.2. The van der Waals surface area contributed by atoms with Gasteiger partial charge < -0.3 is 9.84 Å². The summed E-state index contributed by atoms with van der Waals surface area (Å²) >= 11 is 0. The maximum atomic E-state index is 13.6. The fraction of sp³-hybridized carbons (Fsp3) is 0.538. The van der Waals surface area contributed by atoms with Gasteiger partial charge in [0.15, 0.2) is 0 Å². The predicted molar refractivity (Wildman–Crippen MR) is 73.4 cm³/mol. The molecule has 0 aliphatic rings. The van der Waals surface area contributed by atoms with Crippen LogP contribution in [0.4, 0.5) is 4.39 Å². The van der Waals surface area contributed by atoms with Gasteiger partial charge in [-0.1, -0.05) is 0 Å². The van der Waals surface area contributed by atoms with E-state index in [-0.39, 0.29) is 22.6 Å². The second-order valence-corrected chi connectivity index (χ2v) is 6.09. The molecule has 0 heterocycles. The quantitative estimate of drug-likeness (QED) is 0.711. The molecule has 0 fully saturated rings. The van der Waals surface area contributed by atoms with Crippen LogP contribution in [0.2, 0.25) is 0 Å². The standard InChI is InChI=1S/C13H20FNO4S/c1-3-19-6-4-5-15-20(17,18)12-7-10(2)13(14)11(8-12)9-16/h7-8,15-16H,3-6,9H2,1-2H3. The number of ether oxygens (including phenoxy) is 1. The van der Waals surface area contributed by atoms with Gasteiger partial charge in [-0.25, -0.2) is 17.5 Å². The van der Waals surface area contributed by atoms with E-state index >= 15 is 0 Å². The molecule has 0 radical (unpaired) electrons. The molecule has 0 aromatic heterocycles. The molecule has 0 unspecified atom stereocenters. The van der Waals surface area contributed by atoms with Gasteiger partial charge in [0.05, 0.1) is 11.5 Å². The number of benzene rings is 1. The van der Waals surface area contributed by atoms with Crippen molar-refractivity contribution in [1.82, 2.24) is 4.72 Å². The number of rotatable bonds is 8. The van der Waals surface area contributed by atoms with Crippen molar-refractivity contribution < 1.29 is 22.7 Å². The van der Waals surface area contributed by atoms with Crippen LogP contribution in [0.15, 0.2) is 17.0 Å². The van der Waals surface area contributed by atoms with Crippen LogP contribution in [0.5, 0.6) is 0 Å². The first kappa shape index (κ1) is 17.0. The number of halogens is 1. The molecule has 1 aromatic carbocycles. The predicted octanol–water partition coefficient (Wildman–Crippen LogP) is 1.33. The maximum absolute atomic E-state index is 13.6. The lowest BCUT2D eigenvalue weighted by Gasteiger charge is -2.10. The van der Waals surface area contributed by atoms with Gasteiger partial charge in [-0.3, -0.25) is 0 Å². The Balaban J connectivity index is 2.80. The van der Waals surface area contributed by atoms with Gasteiger partial charge in [-0.15, -0.1) is 0 Å². The number of aliphatic hydroxyl groups excluding tert-OH is 1. The molecule has 0 aliphatic carbocycles. The Morgan fingerprint density at radius 3 is 2.70 bits per heavy atom. The first-order valence-electron chi connectivity index (χ1n) is 6.39. The van der Waals surface area contributed by atoms with Crippen molar-refractivity contribution in [1.29, 1.82) is 0 Å². The molecule has 0 spiro atoms. The molecule has 20 heavy (non-hydrogen) atoms. The normalized spacial score (nSPS) is 11.8. The third-order valence-corrected chi connectivity index (χ3v) is 4.19. The Morgan fingerprint density at radius 2 is 2.10 bits per heavy atom. The van der Waals surface area contributed by atoms with Gasteiger partial charge >= 0.3 is 0 Å². The Labute approximate surface area is 118 Å². The minimum Gasteiger partial charge on any atom is -0.392 e. The first-order chi connectivity index (χ1) is 9.42. The second kappa shape index (κ2) is 7.68. The zero-order valence-electron chi connectivity index (χ0n) is 11.6. The maximum Gasteiger partial charge on any atom is 0.240 e. The van der Waals surface area contributed by atoms with Crippen molar-refractivity contribution in [2.45, 2.75) is 31.8 Å². The molecule has 114 valence electrons. The third-order valence-electron chi connectivity index (χ3n) is 2.75. The van der Waals surface area contributed by atoms with E-state index in [2.05, 4.69) is 4.72 Å². The van der Waals surface area contributed by atoms with Crippen molar-refractivity contribution in [3.63, 3.8) is 0 Å². The molecule has 0 saturated carbocycles. The minimum absolute atomic E-state index is 0.0281. The highest BCUT2D eigenvalue weighted by atomic mass is 32.2. The first-order valence-corrected chi connectivity index (χ1v) is 7.88. The number of hydrogen-bond acceptors (Lipinski definition) is 4. The van der Waals surface area contributed by atoms with E-state index < -0.39 is 22.4 Å². The monoisotopic (exact) mass is 305 g/mol. The van der Waals surface area contributed by atoms with E-state index in [4.69, 9.17) is 9.84 Å². The average molecular weight is 305 g/mol. The highest BCUT2D eigenvalue weighted by Gasteiger charge is 2.17. The summed E-state index contributed by atoms with van der Waals surface area (Å²) in [5.41, 5.74) is 0.158. The molecule has 0 amide bonds. The summed E-state index contributed by atoms with van der Waals surface area (Å²) in [5.74, 6) is -0.581. The summed E-state index contributed by atoms with van der Waals surface area (Å²) < 4.78 is 45.2. The molecule has 2 N–H and O–H groups in total. The molecule has 7 heteroatoms. The topological polar surface area (TPSA) is 75.6 Å².